The van der Waals surface area contributed by atoms with Crippen molar-refractivity contribution < 1.29 is 8.78 Å². The normalized spacial score (nSPS) is 10.3. The fourth-order valence-electron chi connectivity index (χ4n) is 1.52. The van der Waals surface area contributed by atoms with Crippen LogP contribution in [0.3, 0.4) is 0 Å². The first-order valence-electron chi connectivity index (χ1n) is 5.39. The van der Waals surface area contributed by atoms with Crippen LogP contribution in [0, 0.1) is 18.6 Å². The van der Waals surface area contributed by atoms with E-state index in [1.165, 1.54) is 11.6 Å². The van der Waals surface area contributed by atoms with Crippen molar-refractivity contribution in [1.29, 1.82) is 0 Å². The smallest absolute Gasteiger partial charge is 0.160 e. The molecule has 0 saturated heterocycles. The van der Waals surface area contributed by atoms with Crippen molar-refractivity contribution in [2.45, 2.75) is 13.5 Å². The second-order valence-corrected chi connectivity index (χ2v) is 3.97. The standard InChI is InChI=1S/C14H13F2N/c1-10-2-4-11(5-3-10)9-17-12-6-7-13(15)14(16)8-12/h2-8,17H,9H2,1H3. The zero-order valence-corrected chi connectivity index (χ0v) is 9.50. The summed E-state index contributed by atoms with van der Waals surface area (Å²) in [5, 5.41) is 3.04. The molecule has 0 spiro atoms. The summed E-state index contributed by atoms with van der Waals surface area (Å²) in [6.45, 7) is 2.61. The third-order valence-corrected chi connectivity index (χ3v) is 2.54. The van der Waals surface area contributed by atoms with E-state index in [9.17, 15) is 8.78 Å². The van der Waals surface area contributed by atoms with Gasteiger partial charge in [-0.15, -0.1) is 0 Å². The molecule has 0 unspecified atom stereocenters. The van der Waals surface area contributed by atoms with E-state index in [0.29, 0.717) is 12.2 Å². The van der Waals surface area contributed by atoms with E-state index >= 15 is 0 Å². The number of anilines is 1. The first-order valence-corrected chi connectivity index (χ1v) is 5.39. The van der Waals surface area contributed by atoms with Gasteiger partial charge in [-0.25, -0.2) is 8.78 Å². The Morgan fingerprint density at radius 2 is 1.65 bits per heavy atom. The van der Waals surface area contributed by atoms with E-state index < -0.39 is 11.6 Å². The number of halogens is 2. The molecule has 1 N–H and O–H groups in total. The van der Waals surface area contributed by atoms with Crippen molar-refractivity contribution in [3.05, 3.63) is 65.2 Å². The van der Waals surface area contributed by atoms with Crippen LogP contribution < -0.4 is 5.32 Å². The molecular formula is C14H13F2N. The minimum absolute atomic E-state index is 0.574. The predicted octanol–water partition coefficient (Wildman–Crippen LogP) is 3.89. The van der Waals surface area contributed by atoms with Gasteiger partial charge in [-0.05, 0) is 24.6 Å². The zero-order chi connectivity index (χ0) is 12.3. The summed E-state index contributed by atoms with van der Waals surface area (Å²) < 4.78 is 25.6. The number of rotatable bonds is 3. The second kappa shape index (κ2) is 4.95. The fraction of sp³-hybridized carbons (Fsp3) is 0.143. The van der Waals surface area contributed by atoms with Crippen LogP contribution in [-0.2, 0) is 6.54 Å². The summed E-state index contributed by atoms with van der Waals surface area (Å²) >= 11 is 0. The van der Waals surface area contributed by atoms with Gasteiger partial charge in [0.15, 0.2) is 11.6 Å². The molecule has 0 atom stereocenters. The molecule has 0 fully saturated rings. The Kier molecular flexibility index (Phi) is 3.38. The maximum Gasteiger partial charge on any atom is 0.160 e. The second-order valence-electron chi connectivity index (χ2n) is 3.97. The molecule has 0 bridgehead atoms. The molecule has 0 heterocycles. The lowest BCUT2D eigenvalue weighted by molar-refractivity contribution is 0.509. The Morgan fingerprint density at radius 1 is 0.941 bits per heavy atom. The maximum atomic E-state index is 12.9. The molecule has 0 saturated carbocycles. The Bertz CT molecular complexity index is 506. The number of aryl methyl sites for hydroxylation is 1. The Hall–Kier alpha value is -1.90. The van der Waals surface area contributed by atoms with Gasteiger partial charge in [0.25, 0.3) is 0 Å². The number of hydrogen-bond acceptors (Lipinski definition) is 1. The van der Waals surface area contributed by atoms with Crippen molar-refractivity contribution in [3.63, 3.8) is 0 Å². The van der Waals surface area contributed by atoms with Crippen molar-refractivity contribution in [1.82, 2.24) is 0 Å². The van der Waals surface area contributed by atoms with Gasteiger partial charge in [0.05, 0.1) is 0 Å². The molecule has 0 aliphatic rings. The first kappa shape index (κ1) is 11.6. The third kappa shape index (κ3) is 3.03. The summed E-state index contributed by atoms with van der Waals surface area (Å²) in [6, 6.07) is 11.8. The van der Waals surface area contributed by atoms with Crippen molar-refractivity contribution in [3.8, 4) is 0 Å². The van der Waals surface area contributed by atoms with E-state index in [0.717, 1.165) is 17.7 Å². The fourth-order valence-corrected chi connectivity index (χ4v) is 1.52. The van der Waals surface area contributed by atoms with Gasteiger partial charge in [0, 0.05) is 18.3 Å². The molecule has 1 nitrogen and oxygen atoms in total. The van der Waals surface area contributed by atoms with Crippen LogP contribution in [0.15, 0.2) is 42.5 Å². The van der Waals surface area contributed by atoms with Crippen LogP contribution in [0.1, 0.15) is 11.1 Å². The minimum atomic E-state index is -0.834. The van der Waals surface area contributed by atoms with Gasteiger partial charge in [-0.3, -0.25) is 0 Å². The van der Waals surface area contributed by atoms with Gasteiger partial charge in [-0.1, -0.05) is 29.8 Å². The van der Waals surface area contributed by atoms with E-state index in [1.54, 1.807) is 0 Å². The largest absolute Gasteiger partial charge is 0.381 e. The van der Waals surface area contributed by atoms with Crippen LogP contribution in [-0.4, -0.2) is 0 Å². The highest BCUT2D eigenvalue weighted by molar-refractivity contribution is 5.44. The van der Waals surface area contributed by atoms with Crippen molar-refractivity contribution in [2.75, 3.05) is 5.32 Å². The number of benzene rings is 2. The molecule has 17 heavy (non-hydrogen) atoms. The number of hydrogen-bond donors (Lipinski definition) is 1. The lowest BCUT2D eigenvalue weighted by atomic mass is 10.1. The van der Waals surface area contributed by atoms with E-state index in [-0.39, 0.29) is 0 Å². The summed E-state index contributed by atoms with van der Waals surface area (Å²) in [5.74, 6) is -1.66. The SMILES string of the molecule is Cc1ccc(CNc2ccc(F)c(F)c2)cc1. The van der Waals surface area contributed by atoms with Crippen LogP contribution in [0.2, 0.25) is 0 Å². The average molecular weight is 233 g/mol. The molecule has 0 amide bonds. The van der Waals surface area contributed by atoms with E-state index in [1.807, 2.05) is 31.2 Å². The monoisotopic (exact) mass is 233 g/mol. The van der Waals surface area contributed by atoms with Gasteiger partial charge < -0.3 is 5.32 Å². The molecule has 88 valence electrons. The maximum absolute atomic E-state index is 12.9. The molecule has 2 aromatic carbocycles. The molecule has 0 aliphatic carbocycles. The Balaban J connectivity index is 2.02. The molecule has 0 aliphatic heterocycles. The van der Waals surface area contributed by atoms with Gasteiger partial charge in [0.1, 0.15) is 0 Å². The summed E-state index contributed by atoms with van der Waals surface area (Å²) in [6.07, 6.45) is 0. The van der Waals surface area contributed by atoms with Gasteiger partial charge in [0.2, 0.25) is 0 Å². The minimum Gasteiger partial charge on any atom is -0.381 e. The first-order chi connectivity index (χ1) is 8.15. The van der Waals surface area contributed by atoms with E-state index in [4.69, 9.17) is 0 Å². The van der Waals surface area contributed by atoms with Gasteiger partial charge in [-0.2, -0.15) is 0 Å². The van der Waals surface area contributed by atoms with Crippen LogP contribution in [0.4, 0.5) is 14.5 Å². The van der Waals surface area contributed by atoms with E-state index in [2.05, 4.69) is 5.32 Å². The summed E-state index contributed by atoms with van der Waals surface area (Å²) in [4.78, 5) is 0. The third-order valence-electron chi connectivity index (χ3n) is 2.54. The average Bonchev–Trinajstić information content (AvgIpc) is 2.33. The van der Waals surface area contributed by atoms with Crippen LogP contribution >= 0.6 is 0 Å². The Morgan fingerprint density at radius 3 is 2.29 bits per heavy atom. The zero-order valence-electron chi connectivity index (χ0n) is 9.50. The lowest BCUT2D eigenvalue weighted by Gasteiger charge is -2.07. The topological polar surface area (TPSA) is 12.0 Å². The molecule has 2 aromatic rings. The molecular weight excluding hydrogens is 220 g/mol. The van der Waals surface area contributed by atoms with Crippen LogP contribution in [0.5, 0.6) is 0 Å². The summed E-state index contributed by atoms with van der Waals surface area (Å²) in [7, 11) is 0. The Labute approximate surface area is 99.1 Å². The lowest BCUT2D eigenvalue weighted by Crippen LogP contribution is -2.00. The predicted molar refractivity (Wildman–Crippen MR) is 64.9 cm³/mol. The quantitative estimate of drug-likeness (QED) is 0.848. The number of nitrogens with one attached hydrogen (secondary N) is 1. The van der Waals surface area contributed by atoms with Gasteiger partial charge >= 0.3 is 0 Å². The summed E-state index contributed by atoms with van der Waals surface area (Å²) in [5.41, 5.74) is 2.87. The molecule has 2 rings (SSSR count). The highest BCUT2D eigenvalue weighted by Crippen LogP contribution is 2.14. The highest BCUT2D eigenvalue weighted by atomic mass is 19.2. The molecule has 0 aromatic heterocycles. The highest BCUT2D eigenvalue weighted by Gasteiger charge is 2.01. The van der Waals surface area contributed by atoms with Crippen molar-refractivity contribution >= 4 is 5.69 Å². The van der Waals surface area contributed by atoms with Crippen molar-refractivity contribution in [2.24, 2.45) is 0 Å². The molecule has 3 heteroatoms. The van der Waals surface area contributed by atoms with Crippen LogP contribution in [0.25, 0.3) is 0 Å². The molecule has 0 radical (unpaired) electrons.